The van der Waals surface area contributed by atoms with Crippen molar-refractivity contribution < 1.29 is 26.9 Å². The van der Waals surface area contributed by atoms with E-state index < -0.39 is 34.3 Å². The maximum absolute atomic E-state index is 13.3. The number of nitrogens with two attached hydrogens (primary N) is 1. The topological polar surface area (TPSA) is 124 Å². The summed E-state index contributed by atoms with van der Waals surface area (Å²) in [5.41, 5.74) is 5.97. The molecule has 0 fully saturated rings. The van der Waals surface area contributed by atoms with Crippen molar-refractivity contribution in [3.63, 3.8) is 0 Å². The Morgan fingerprint density at radius 3 is 2.38 bits per heavy atom. The van der Waals surface area contributed by atoms with Crippen LogP contribution in [0.4, 0.5) is 30.5 Å². The molecular formula is C29H31F3N6O3S. The molecule has 0 aliphatic heterocycles. The molecule has 1 unspecified atom stereocenters. The zero-order valence-corrected chi connectivity index (χ0v) is 24.3. The number of rotatable bonds is 10. The molecule has 0 radical (unpaired) electrons. The van der Waals surface area contributed by atoms with E-state index in [4.69, 9.17) is 10.5 Å². The predicted octanol–water partition coefficient (Wildman–Crippen LogP) is 6.24. The Hall–Kier alpha value is -4.39. The second-order valence-corrected chi connectivity index (χ2v) is 11.7. The molecule has 1 amide bonds. The number of hydrogen-bond donors (Lipinski definition) is 3. The predicted molar refractivity (Wildman–Crippen MR) is 157 cm³/mol. The molecule has 42 heavy (non-hydrogen) atoms. The molecule has 4 aromatic rings. The summed E-state index contributed by atoms with van der Waals surface area (Å²) in [6.07, 6.45) is -4.66. The fourth-order valence-corrected chi connectivity index (χ4v) is 4.60. The molecule has 2 aromatic heterocycles. The van der Waals surface area contributed by atoms with Gasteiger partial charge in [-0.1, -0.05) is 49.4 Å². The van der Waals surface area contributed by atoms with Crippen molar-refractivity contribution >= 4 is 34.2 Å². The number of primary amides is 1. The van der Waals surface area contributed by atoms with Gasteiger partial charge in [-0.3, -0.25) is 4.79 Å². The van der Waals surface area contributed by atoms with Crippen LogP contribution in [0.15, 0.2) is 66.7 Å². The number of nitrogens with zero attached hydrogens (tertiary/aromatic N) is 3. The number of hydrogen-bond acceptors (Lipinski definition) is 6. The first-order valence-corrected chi connectivity index (χ1v) is 14.3. The fraction of sp³-hybridized carbons (Fsp3) is 0.276. The molecule has 2 heterocycles. The Morgan fingerprint density at radius 1 is 1.05 bits per heavy atom. The Kier molecular flexibility index (Phi) is 8.90. The summed E-state index contributed by atoms with van der Waals surface area (Å²) in [6, 6.07) is 17.8. The molecule has 0 saturated heterocycles. The minimum absolute atomic E-state index is 0.0454. The number of anilines is 3. The lowest BCUT2D eigenvalue weighted by Gasteiger charge is -2.23. The van der Waals surface area contributed by atoms with Gasteiger partial charge in [0, 0.05) is 11.3 Å². The highest BCUT2D eigenvalue weighted by Gasteiger charge is 2.33. The highest BCUT2D eigenvalue weighted by molar-refractivity contribution is 7.86. The quantitative estimate of drug-likeness (QED) is 0.198. The van der Waals surface area contributed by atoms with E-state index in [1.54, 1.807) is 25.1 Å². The van der Waals surface area contributed by atoms with E-state index >= 15 is 0 Å². The second-order valence-electron chi connectivity index (χ2n) is 10.3. The van der Waals surface area contributed by atoms with Crippen molar-refractivity contribution in [2.45, 2.75) is 46.0 Å². The summed E-state index contributed by atoms with van der Waals surface area (Å²) >= 11 is 0. The van der Waals surface area contributed by atoms with Crippen molar-refractivity contribution in [2.24, 2.45) is 5.73 Å². The molecule has 0 aliphatic rings. The van der Waals surface area contributed by atoms with Gasteiger partial charge < -0.3 is 20.5 Å². The minimum atomic E-state index is -4.66. The summed E-state index contributed by atoms with van der Waals surface area (Å²) in [5.74, 6) is -0.195. The maximum atomic E-state index is 13.3. The largest absolute Gasteiger partial charge is 0.487 e. The molecular weight excluding hydrogens is 569 g/mol. The maximum Gasteiger partial charge on any atom is 0.433 e. The third-order valence-corrected chi connectivity index (χ3v) is 7.00. The number of pyridine rings is 1. The zero-order chi connectivity index (χ0) is 30.7. The summed E-state index contributed by atoms with van der Waals surface area (Å²) in [5, 5.41) is 7.52. The summed E-state index contributed by atoms with van der Waals surface area (Å²) in [7, 11) is -1.36. The van der Waals surface area contributed by atoms with Crippen LogP contribution in [-0.4, -0.2) is 30.6 Å². The van der Waals surface area contributed by atoms with Gasteiger partial charge >= 0.3 is 6.18 Å². The Balaban J connectivity index is 1.84. The molecule has 4 N–H and O–H groups in total. The first-order valence-electron chi connectivity index (χ1n) is 13.0. The third kappa shape index (κ3) is 7.08. The summed E-state index contributed by atoms with van der Waals surface area (Å²) in [6.45, 7) is 7.45. The van der Waals surface area contributed by atoms with E-state index in [0.29, 0.717) is 22.8 Å². The van der Waals surface area contributed by atoms with Gasteiger partial charge in [0.15, 0.2) is 0 Å². The van der Waals surface area contributed by atoms with E-state index in [1.165, 1.54) is 16.8 Å². The molecule has 0 aliphatic carbocycles. The Morgan fingerprint density at radius 2 is 1.76 bits per heavy atom. The van der Waals surface area contributed by atoms with Gasteiger partial charge in [0.2, 0.25) is 0 Å². The van der Waals surface area contributed by atoms with Crippen molar-refractivity contribution in [3.05, 3.63) is 83.6 Å². The van der Waals surface area contributed by atoms with Crippen LogP contribution in [-0.2, 0) is 29.3 Å². The summed E-state index contributed by atoms with van der Waals surface area (Å²) < 4.78 is 62.8. The Bertz CT molecular complexity index is 1600. The average Bonchev–Trinajstić information content (AvgIpc) is 3.32. The molecule has 13 heteroatoms. The smallest absolute Gasteiger partial charge is 0.433 e. The van der Waals surface area contributed by atoms with E-state index in [-0.39, 0.29) is 29.5 Å². The summed E-state index contributed by atoms with van der Waals surface area (Å²) in [4.78, 5) is 16.5. The van der Waals surface area contributed by atoms with Crippen molar-refractivity contribution in [2.75, 3.05) is 15.8 Å². The van der Waals surface area contributed by atoms with Crippen LogP contribution < -0.4 is 20.5 Å². The second kappa shape index (κ2) is 12.2. The third-order valence-electron chi connectivity index (χ3n) is 6.03. The van der Waals surface area contributed by atoms with Crippen LogP contribution in [0.1, 0.15) is 49.3 Å². The molecule has 4 rings (SSSR count). The molecule has 9 nitrogen and oxygen atoms in total. The van der Waals surface area contributed by atoms with E-state index in [9.17, 15) is 22.2 Å². The fourth-order valence-electron chi connectivity index (χ4n) is 4.04. The van der Waals surface area contributed by atoms with Gasteiger partial charge in [0.25, 0.3) is 5.91 Å². The van der Waals surface area contributed by atoms with Crippen LogP contribution in [0.25, 0.3) is 11.3 Å². The number of aromatic nitrogens is 3. The lowest BCUT2D eigenvalue weighted by Crippen LogP contribution is -2.25. The first-order chi connectivity index (χ1) is 19.8. The van der Waals surface area contributed by atoms with Crippen molar-refractivity contribution in [1.82, 2.24) is 14.8 Å². The standard InChI is InChI=1S/C29H31F3N6O3S/c1-5-42(40)37-20-15-14-19(16-21(20)41-17-18-10-7-6-8-11-18)25-24(26(33)39)27(38(36-25)28(2,3)4)35-23-13-9-12-22(34-23)29(30,31)32/h6-16,37H,5,17H2,1-4H3,(H2,33,39)(H,34,35). The van der Waals surface area contributed by atoms with Crippen LogP contribution >= 0.6 is 0 Å². The van der Waals surface area contributed by atoms with Gasteiger partial charge in [0.05, 0.1) is 11.2 Å². The minimum Gasteiger partial charge on any atom is -0.487 e. The average molecular weight is 601 g/mol. The number of nitrogens with one attached hydrogen (secondary N) is 2. The van der Waals surface area contributed by atoms with Crippen molar-refractivity contribution in [3.8, 4) is 17.0 Å². The van der Waals surface area contributed by atoms with Crippen LogP contribution in [0.3, 0.4) is 0 Å². The normalized spacial score (nSPS) is 12.5. The van der Waals surface area contributed by atoms with Gasteiger partial charge in [0.1, 0.15) is 51.9 Å². The van der Waals surface area contributed by atoms with Crippen LogP contribution in [0.2, 0.25) is 0 Å². The first kappa shape index (κ1) is 30.6. The SMILES string of the molecule is CCS(=O)Nc1ccc(-c2nn(C(C)(C)C)c(Nc3cccc(C(F)(F)F)n3)c2C(N)=O)cc1OCc1ccccc1. The van der Waals surface area contributed by atoms with Gasteiger partial charge in [-0.2, -0.15) is 18.3 Å². The lowest BCUT2D eigenvalue weighted by atomic mass is 10.1. The van der Waals surface area contributed by atoms with Crippen LogP contribution in [0.5, 0.6) is 5.75 Å². The Labute approximate surface area is 243 Å². The highest BCUT2D eigenvalue weighted by atomic mass is 32.2. The van der Waals surface area contributed by atoms with Gasteiger partial charge in [-0.15, -0.1) is 0 Å². The molecule has 222 valence electrons. The number of benzene rings is 2. The van der Waals surface area contributed by atoms with E-state index in [0.717, 1.165) is 11.6 Å². The van der Waals surface area contributed by atoms with E-state index in [1.807, 2.05) is 51.1 Å². The molecule has 0 bridgehead atoms. The number of halogens is 3. The monoisotopic (exact) mass is 600 g/mol. The van der Waals surface area contributed by atoms with Gasteiger partial charge in [-0.25, -0.2) is 13.9 Å². The number of carbonyl (C=O) groups excluding carboxylic acids is 1. The number of amides is 1. The van der Waals surface area contributed by atoms with E-state index in [2.05, 4.69) is 20.1 Å². The molecule has 2 aromatic carbocycles. The zero-order valence-electron chi connectivity index (χ0n) is 23.5. The molecule has 0 spiro atoms. The van der Waals surface area contributed by atoms with Crippen molar-refractivity contribution in [1.29, 1.82) is 0 Å². The van der Waals surface area contributed by atoms with Crippen LogP contribution in [0, 0.1) is 0 Å². The number of ether oxygens (including phenoxy) is 1. The molecule has 0 saturated carbocycles. The van der Waals surface area contributed by atoms with Gasteiger partial charge in [-0.05, 0) is 50.6 Å². The molecule has 1 atom stereocenters. The number of alkyl halides is 3. The lowest BCUT2D eigenvalue weighted by molar-refractivity contribution is -0.141. The number of carbonyl (C=O) groups is 1. The highest BCUT2D eigenvalue weighted by Crippen LogP contribution is 2.38.